The summed E-state index contributed by atoms with van der Waals surface area (Å²) >= 11 is 0. The van der Waals surface area contributed by atoms with Gasteiger partial charge in [0.05, 0.1) is 0 Å². The van der Waals surface area contributed by atoms with Crippen LogP contribution in [0.1, 0.15) is 84.0 Å². The van der Waals surface area contributed by atoms with Gasteiger partial charge in [0.1, 0.15) is 5.78 Å². The molecule has 1 atom stereocenters. The fourth-order valence-electron chi connectivity index (χ4n) is 2.76. The van der Waals surface area contributed by atoms with Crippen molar-refractivity contribution in [2.45, 2.75) is 84.0 Å². The van der Waals surface area contributed by atoms with Crippen LogP contribution < -0.4 is 0 Å². The highest BCUT2D eigenvalue weighted by molar-refractivity contribution is 5.81. The first kappa shape index (κ1) is 15.5. The summed E-state index contributed by atoms with van der Waals surface area (Å²) in [5.41, 5.74) is 0. The SMILES string of the molecule is C1=CCCCC1.CCCCCC1CCCCC1=O. The van der Waals surface area contributed by atoms with E-state index in [1.165, 1.54) is 57.8 Å². The lowest BCUT2D eigenvalue weighted by Crippen LogP contribution is -2.18. The minimum absolute atomic E-state index is 0.435. The summed E-state index contributed by atoms with van der Waals surface area (Å²) in [5.74, 6) is 0.975. The van der Waals surface area contributed by atoms with E-state index < -0.39 is 0 Å². The molecule has 0 heterocycles. The Morgan fingerprint density at radius 3 is 2.28 bits per heavy atom. The molecule has 2 rings (SSSR count). The lowest BCUT2D eigenvalue weighted by molar-refractivity contribution is -0.124. The number of carbonyl (C=O) groups is 1. The van der Waals surface area contributed by atoms with Crippen LogP contribution in [-0.2, 0) is 4.79 Å². The highest BCUT2D eigenvalue weighted by Gasteiger charge is 2.20. The van der Waals surface area contributed by atoms with Crippen LogP contribution in [0.5, 0.6) is 0 Å². The van der Waals surface area contributed by atoms with E-state index in [2.05, 4.69) is 19.1 Å². The molecule has 1 saturated carbocycles. The predicted octanol–water partition coefficient (Wildman–Crippen LogP) is 5.44. The van der Waals surface area contributed by atoms with Crippen molar-refractivity contribution in [1.82, 2.24) is 0 Å². The zero-order valence-corrected chi connectivity index (χ0v) is 12.1. The summed E-state index contributed by atoms with van der Waals surface area (Å²) in [7, 11) is 0. The van der Waals surface area contributed by atoms with Crippen molar-refractivity contribution in [3.63, 3.8) is 0 Å². The second-order valence-corrected chi connectivity index (χ2v) is 5.66. The minimum Gasteiger partial charge on any atom is -0.299 e. The molecule has 0 bridgehead atoms. The Morgan fingerprint density at radius 2 is 1.78 bits per heavy atom. The average Bonchev–Trinajstić information content (AvgIpc) is 2.44. The summed E-state index contributed by atoms with van der Waals surface area (Å²) in [6.45, 7) is 2.21. The van der Waals surface area contributed by atoms with E-state index in [-0.39, 0.29) is 0 Å². The van der Waals surface area contributed by atoms with Gasteiger partial charge in [-0.25, -0.2) is 0 Å². The molecule has 0 saturated heterocycles. The number of carbonyl (C=O) groups excluding carboxylic acids is 1. The summed E-state index contributed by atoms with van der Waals surface area (Å²) in [6.07, 6.45) is 19.4. The Balaban J connectivity index is 0.000000225. The smallest absolute Gasteiger partial charge is 0.135 e. The standard InChI is InChI=1S/C11H20O.C6H10/c1-2-3-4-7-10-8-5-6-9-11(10)12;1-2-4-6-5-3-1/h10H,2-9H2,1H3;1-2H,3-6H2. The Morgan fingerprint density at radius 1 is 1.06 bits per heavy atom. The Kier molecular flexibility index (Phi) is 8.89. The van der Waals surface area contributed by atoms with Crippen LogP contribution >= 0.6 is 0 Å². The molecule has 1 nitrogen and oxygen atoms in total. The molecule has 0 aliphatic heterocycles. The third-order valence-corrected chi connectivity index (χ3v) is 4.00. The van der Waals surface area contributed by atoms with E-state index in [1.807, 2.05) is 0 Å². The predicted molar refractivity (Wildman–Crippen MR) is 78.7 cm³/mol. The van der Waals surface area contributed by atoms with Gasteiger partial charge in [0.15, 0.2) is 0 Å². The Bertz CT molecular complexity index is 234. The monoisotopic (exact) mass is 250 g/mol. The fraction of sp³-hybridized carbons (Fsp3) is 0.824. The van der Waals surface area contributed by atoms with Crippen molar-refractivity contribution < 1.29 is 4.79 Å². The molecule has 2 aliphatic rings. The zero-order valence-electron chi connectivity index (χ0n) is 12.1. The molecule has 0 aromatic carbocycles. The number of Topliss-reactive ketones (excluding diaryl/α,β-unsaturated/α-hetero) is 1. The van der Waals surface area contributed by atoms with Gasteiger partial charge in [-0.2, -0.15) is 0 Å². The number of unbranched alkanes of at least 4 members (excludes halogenated alkanes) is 2. The van der Waals surface area contributed by atoms with Crippen LogP contribution in [0, 0.1) is 5.92 Å². The van der Waals surface area contributed by atoms with Crippen molar-refractivity contribution in [1.29, 1.82) is 0 Å². The summed E-state index contributed by atoms with van der Waals surface area (Å²) in [5, 5.41) is 0. The zero-order chi connectivity index (χ0) is 13.1. The maximum atomic E-state index is 11.4. The minimum atomic E-state index is 0.435. The van der Waals surface area contributed by atoms with Crippen LogP contribution in [0.25, 0.3) is 0 Å². The maximum Gasteiger partial charge on any atom is 0.135 e. The van der Waals surface area contributed by atoms with Crippen LogP contribution in [0.4, 0.5) is 0 Å². The molecule has 1 heteroatoms. The molecule has 2 aliphatic carbocycles. The number of rotatable bonds is 4. The molecular weight excluding hydrogens is 220 g/mol. The average molecular weight is 250 g/mol. The normalized spacial score (nSPS) is 23.4. The summed E-state index contributed by atoms with van der Waals surface area (Å²) in [6, 6.07) is 0. The first-order valence-electron chi connectivity index (χ1n) is 8.02. The van der Waals surface area contributed by atoms with Gasteiger partial charge >= 0.3 is 0 Å². The van der Waals surface area contributed by atoms with Gasteiger partial charge in [-0.1, -0.05) is 44.8 Å². The lowest BCUT2D eigenvalue weighted by atomic mass is 9.84. The van der Waals surface area contributed by atoms with Gasteiger partial charge in [0, 0.05) is 12.3 Å². The van der Waals surface area contributed by atoms with Gasteiger partial charge in [-0.3, -0.25) is 4.79 Å². The Hall–Kier alpha value is -0.590. The molecule has 0 aromatic heterocycles. The van der Waals surface area contributed by atoms with Crippen molar-refractivity contribution in [2.24, 2.45) is 5.92 Å². The first-order chi connectivity index (χ1) is 8.84. The number of hydrogen-bond acceptors (Lipinski definition) is 1. The van der Waals surface area contributed by atoms with E-state index >= 15 is 0 Å². The van der Waals surface area contributed by atoms with Gasteiger partial charge < -0.3 is 0 Å². The van der Waals surface area contributed by atoms with Crippen LogP contribution in [0.2, 0.25) is 0 Å². The molecule has 0 spiro atoms. The van der Waals surface area contributed by atoms with Crippen molar-refractivity contribution >= 4 is 5.78 Å². The third-order valence-electron chi connectivity index (χ3n) is 4.00. The van der Waals surface area contributed by atoms with E-state index in [1.54, 1.807) is 0 Å². The number of ketones is 1. The van der Waals surface area contributed by atoms with Gasteiger partial charge in [-0.15, -0.1) is 0 Å². The Labute approximate surface area is 113 Å². The molecule has 18 heavy (non-hydrogen) atoms. The molecular formula is C17H30O. The van der Waals surface area contributed by atoms with Crippen LogP contribution in [0.15, 0.2) is 12.2 Å². The van der Waals surface area contributed by atoms with Gasteiger partial charge in [0.25, 0.3) is 0 Å². The third kappa shape index (κ3) is 6.98. The largest absolute Gasteiger partial charge is 0.299 e. The molecule has 1 fully saturated rings. The van der Waals surface area contributed by atoms with Crippen molar-refractivity contribution in [3.8, 4) is 0 Å². The van der Waals surface area contributed by atoms with Crippen molar-refractivity contribution in [3.05, 3.63) is 12.2 Å². The quantitative estimate of drug-likeness (QED) is 0.479. The lowest BCUT2D eigenvalue weighted by Gasteiger charge is -2.19. The number of allylic oxidation sites excluding steroid dienone is 2. The van der Waals surface area contributed by atoms with Crippen LogP contribution in [-0.4, -0.2) is 5.78 Å². The van der Waals surface area contributed by atoms with E-state index in [0.29, 0.717) is 11.7 Å². The highest BCUT2D eigenvalue weighted by atomic mass is 16.1. The molecule has 0 radical (unpaired) electrons. The highest BCUT2D eigenvalue weighted by Crippen LogP contribution is 2.25. The molecule has 0 aromatic rings. The van der Waals surface area contributed by atoms with Crippen LogP contribution in [0.3, 0.4) is 0 Å². The molecule has 0 N–H and O–H groups in total. The molecule has 1 unspecified atom stereocenters. The van der Waals surface area contributed by atoms with E-state index in [9.17, 15) is 4.79 Å². The van der Waals surface area contributed by atoms with E-state index in [0.717, 1.165) is 19.3 Å². The second kappa shape index (κ2) is 10.3. The second-order valence-electron chi connectivity index (χ2n) is 5.66. The topological polar surface area (TPSA) is 17.1 Å². The van der Waals surface area contributed by atoms with Gasteiger partial charge in [0.2, 0.25) is 0 Å². The molecule has 104 valence electrons. The van der Waals surface area contributed by atoms with Crippen molar-refractivity contribution in [2.75, 3.05) is 0 Å². The van der Waals surface area contributed by atoms with E-state index in [4.69, 9.17) is 0 Å². The van der Waals surface area contributed by atoms with Gasteiger partial charge in [-0.05, 0) is 44.9 Å². The summed E-state index contributed by atoms with van der Waals surface area (Å²) < 4.78 is 0. The maximum absolute atomic E-state index is 11.4. The summed E-state index contributed by atoms with van der Waals surface area (Å²) in [4.78, 5) is 11.4. The first-order valence-corrected chi connectivity index (χ1v) is 8.02. The molecule has 0 amide bonds. The fourth-order valence-corrected chi connectivity index (χ4v) is 2.76. The number of hydrogen-bond donors (Lipinski definition) is 0.